The molecule has 0 aliphatic heterocycles. The van der Waals surface area contributed by atoms with Gasteiger partial charge in [0.15, 0.2) is 17.5 Å². The third-order valence-electron chi connectivity index (χ3n) is 5.39. The summed E-state index contributed by atoms with van der Waals surface area (Å²) in [7, 11) is 4.78. The van der Waals surface area contributed by atoms with Crippen molar-refractivity contribution in [3.8, 4) is 17.2 Å². The van der Waals surface area contributed by atoms with E-state index < -0.39 is 0 Å². The average molecular weight is 543 g/mol. The van der Waals surface area contributed by atoms with Crippen LogP contribution in [0.2, 0.25) is 0 Å². The van der Waals surface area contributed by atoms with Crippen LogP contribution in [0.25, 0.3) is 0 Å². The van der Waals surface area contributed by atoms with Gasteiger partial charge in [-0.3, -0.25) is 0 Å². The fourth-order valence-electron chi connectivity index (χ4n) is 3.51. The Labute approximate surface area is 200 Å². The molecule has 1 aliphatic carbocycles. The lowest BCUT2D eigenvalue weighted by atomic mass is 9.96. The van der Waals surface area contributed by atoms with Gasteiger partial charge in [-0.2, -0.15) is 0 Å². The lowest BCUT2D eigenvalue weighted by molar-refractivity contribution is 0.324. The first-order valence-electron chi connectivity index (χ1n) is 10.1. The van der Waals surface area contributed by atoms with Gasteiger partial charge in [0.25, 0.3) is 0 Å². The summed E-state index contributed by atoms with van der Waals surface area (Å²) in [6.45, 7) is 3.99. The summed E-state index contributed by atoms with van der Waals surface area (Å²) in [5, 5.41) is 6.73. The fourth-order valence-corrected chi connectivity index (χ4v) is 3.51. The Kier molecular flexibility index (Phi) is 9.21. The Morgan fingerprint density at radius 2 is 1.61 bits per heavy atom. The predicted molar refractivity (Wildman–Crippen MR) is 132 cm³/mol. The second kappa shape index (κ2) is 11.4. The van der Waals surface area contributed by atoms with Crippen molar-refractivity contribution < 1.29 is 18.6 Å². The first kappa shape index (κ1) is 25.0. The molecule has 0 saturated heterocycles. The van der Waals surface area contributed by atoms with Gasteiger partial charge >= 0.3 is 0 Å². The lowest BCUT2D eigenvalue weighted by Crippen LogP contribution is -2.41. The van der Waals surface area contributed by atoms with Crippen LogP contribution < -0.4 is 24.8 Å². The van der Waals surface area contributed by atoms with Crippen molar-refractivity contribution in [3.05, 3.63) is 53.3 Å². The minimum atomic E-state index is -0.206. The van der Waals surface area contributed by atoms with Crippen molar-refractivity contribution >= 4 is 29.9 Å². The quantitative estimate of drug-likeness (QED) is 0.281. The van der Waals surface area contributed by atoms with Crippen molar-refractivity contribution in [1.82, 2.24) is 10.6 Å². The van der Waals surface area contributed by atoms with Crippen molar-refractivity contribution in [2.24, 2.45) is 4.99 Å². The molecule has 0 unspecified atom stereocenters. The van der Waals surface area contributed by atoms with Crippen LogP contribution in [0.15, 0.2) is 41.4 Å². The molecule has 2 aromatic rings. The molecule has 2 aromatic carbocycles. The minimum Gasteiger partial charge on any atom is -0.493 e. The van der Waals surface area contributed by atoms with Crippen LogP contribution in [0, 0.1) is 5.82 Å². The number of hydrogen-bond donors (Lipinski definition) is 2. The largest absolute Gasteiger partial charge is 0.493 e. The smallest absolute Gasteiger partial charge is 0.203 e. The number of aliphatic imine (C=N–C) groups is 1. The number of nitrogens with one attached hydrogen (secondary N) is 2. The van der Waals surface area contributed by atoms with Crippen LogP contribution in [0.1, 0.15) is 30.9 Å². The molecule has 6 nitrogen and oxygen atoms in total. The zero-order chi connectivity index (χ0) is 21.6. The zero-order valence-corrected chi connectivity index (χ0v) is 20.8. The van der Waals surface area contributed by atoms with Crippen molar-refractivity contribution in [2.75, 3.05) is 34.4 Å². The van der Waals surface area contributed by atoms with E-state index in [4.69, 9.17) is 19.2 Å². The summed E-state index contributed by atoms with van der Waals surface area (Å²) in [4.78, 5) is 4.71. The van der Waals surface area contributed by atoms with Crippen molar-refractivity contribution in [3.63, 3.8) is 0 Å². The second-order valence-electron chi connectivity index (χ2n) is 7.37. The summed E-state index contributed by atoms with van der Waals surface area (Å²) in [6.07, 6.45) is 2.16. The minimum absolute atomic E-state index is 0. The van der Waals surface area contributed by atoms with Gasteiger partial charge in [0.05, 0.1) is 27.9 Å². The molecule has 3 rings (SSSR count). The monoisotopic (exact) mass is 543 g/mol. The highest BCUT2D eigenvalue weighted by atomic mass is 127. The van der Waals surface area contributed by atoms with Gasteiger partial charge < -0.3 is 24.8 Å². The number of halogens is 2. The first-order valence-corrected chi connectivity index (χ1v) is 10.1. The molecule has 0 amide bonds. The highest BCUT2D eigenvalue weighted by Crippen LogP contribution is 2.47. The van der Waals surface area contributed by atoms with Gasteiger partial charge in [-0.15, -0.1) is 24.0 Å². The molecule has 31 heavy (non-hydrogen) atoms. The van der Waals surface area contributed by atoms with E-state index in [1.807, 2.05) is 31.2 Å². The van der Waals surface area contributed by atoms with Crippen molar-refractivity contribution in [2.45, 2.75) is 31.7 Å². The predicted octanol–water partition coefficient (Wildman–Crippen LogP) is 4.26. The number of nitrogens with zero attached hydrogens (tertiary/aromatic N) is 1. The maximum atomic E-state index is 13.3. The summed E-state index contributed by atoms with van der Waals surface area (Å²) < 4.78 is 29.5. The fraction of sp³-hybridized carbons (Fsp3) is 0.435. The van der Waals surface area contributed by atoms with E-state index in [-0.39, 0.29) is 35.2 Å². The van der Waals surface area contributed by atoms with Gasteiger partial charge in [0, 0.05) is 18.5 Å². The molecule has 1 fully saturated rings. The van der Waals surface area contributed by atoms with Crippen LogP contribution in [0.5, 0.6) is 17.2 Å². The van der Waals surface area contributed by atoms with Gasteiger partial charge in [0.1, 0.15) is 5.82 Å². The van der Waals surface area contributed by atoms with E-state index in [0.29, 0.717) is 23.8 Å². The molecule has 8 heteroatoms. The molecular weight excluding hydrogens is 512 g/mol. The Hall–Kier alpha value is -2.23. The molecule has 1 saturated carbocycles. The maximum Gasteiger partial charge on any atom is 0.203 e. The SMILES string of the molecule is CCNC(=NCc1cc(OC)c(OC)c(OC)c1)NCC1(c2ccc(F)cc2)CC1.I. The molecule has 0 atom stereocenters. The number of ether oxygens (including phenoxy) is 3. The van der Waals surface area contributed by atoms with Crippen LogP contribution in [0.4, 0.5) is 4.39 Å². The number of benzene rings is 2. The van der Waals surface area contributed by atoms with Crippen LogP contribution in [0.3, 0.4) is 0 Å². The standard InChI is InChI=1S/C23H30FN3O3.HI/c1-5-25-22(27-15-23(10-11-23)17-6-8-18(24)9-7-17)26-14-16-12-19(28-2)21(30-4)20(13-16)29-3;/h6-9,12-13H,5,10-11,14-15H2,1-4H3,(H2,25,26,27);1H. The van der Waals surface area contributed by atoms with Gasteiger partial charge in [-0.05, 0) is 55.2 Å². The normalized spacial score (nSPS) is 14.3. The Morgan fingerprint density at radius 3 is 2.10 bits per heavy atom. The third kappa shape index (κ3) is 6.15. The molecule has 0 aromatic heterocycles. The lowest BCUT2D eigenvalue weighted by Gasteiger charge is -2.19. The van der Waals surface area contributed by atoms with E-state index in [1.54, 1.807) is 21.3 Å². The number of methoxy groups -OCH3 is 3. The summed E-state index contributed by atoms with van der Waals surface area (Å²) >= 11 is 0. The van der Waals surface area contributed by atoms with Gasteiger partial charge in [0.2, 0.25) is 5.75 Å². The molecular formula is C23H31FIN3O3. The number of rotatable bonds is 9. The summed E-state index contributed by atoms with van der Waals surface area (Å²) in [6, 6.07) is 10.6. The number of hydrogen-bond acceptors (Lipinski definition) is 4. The Balaban J connectivity index is 0.00000341. The summed E-state index contributed by atoms with van der Waals surface area (Å²) in [5.74, 6) is 2.30. The Morgan fingerprint density at radius 1 is 1.00 bits per heavy atom. The molecule has 2 N–H and O–H groups in total. The second-order valence-corrected chi connectivity index (χ2v) is 7.37. The van der Waals surface area contributed by atoms with E-state index >= 15 is 0 Å². The molecule has 0 radical (unpaired) electrons. The molecule has 0 bridgehead atoms. The third-order valence-corrected chi connectivity index (χ3v) is 5.39. The summed E-state index contributed by atoms with van der Waals surface area (Å²) in [5.41, 5.74) is 2.16. The number of guanidine groups is 1. The highest BCUT2D eigenvalue weighted by molar-refractivity contribution is 14.0. The van der Waals surface area contributed by atoms with Gasteiger partial charge in [-0.25, -0.2) is 9.38 Å². The van der Waals surface area contributed by atoms with E-state index in [2.05, 4.69) is 10.6 Å². The van der Waals surface area contributed by atoms with Crippen molar-refractivity contribution in [1.29, 1.82) is 0 Å². The Bertz CT molecular complexity index is 861. The molecule has 170 valence electrons. The zero-order valence-electron chi connectivity index (χ0n) is 18.5. The first-order chi connectivity index (χ1) is 14.5. The van der Waals surface area contributed by atoms with Crippen LogP contribution >= 0.6 is 24.0 Å². The average Bonchev–Trinajstić information content (AvgIpc) is 3.56. The maximum absolute atomic E-state index is 13.3. The van der Waals surface area contributed by atoms with Gasteiger partial charge in [-0.1, -0.05) is 12.1 Å². The molecule has 1 aliphatic rings. The topological polar surface area (TPSA) is 64.1 Å². The highest BCUT2D eigenvalue weighted by Gasteiger charge is 2.44. The molecule has 0 spiro atoms. The van der Waals surface area contributed by atoms with E-state index in [9.17, 15) is 4.39 Å². The molecule has 0 heterocycles. The van der Waals surface area contributed by atoms with E-state index in [1.165, 1.54) is 12.1 Å². The van der Waals surface area contributed by atoms with E-state index in [0.717, 1.165) is 43.0 Å². The van der Waals surface area contributed by atoms with Crippen LogP contribution in [-0.4, -0.2) is 40.4 Å². The van der Waals surface area contributed by atoms with Crippen LogP contribution in [-0.2, 0) is 12.0 Å².